The SMILES string of the molecule is CC(=O)c1ccc(Nc2cc(C)nc(Nc3cccc(C(F)(F)F)c3)n2)cc1. The van der Waals surface area contributed by atoms with Gasteiger partial charge in [0, 0.05) is 28.7 Å². The van der Waals surface area contributed by atoms with Gasteiger partial charge in [-0.1, -0.05) is 6.07 Å². The molecule has 0 saturated heterocycles. The molecule has 0 bridgehead atoms. The Morgan fingerprint density at radius 2 is 1.64 bits per heavy atom. The molecule has 0 radical (unpaired) electrons. The summed E-state index contributed by atoms with van der Waals surface area (Å²) in [6.45, 7) is 3.24. The van der Waals surface area contributed by atoms with E-state index in [4.69, 9.17) is 0 Å². The van der Waals surface area contributed by atoms with Crippen molar-refractivity contribution in [3.8, 4) is 0 Å². The van der Waals surface area contributed by atoms with E-state index in [1.54, 1.807) is 37.3 Å². The number of aryl methyl sites for hydroxylation is 1. The van der Waals surface area contributed by atoms with Crippen LogP contribution < -0.4 is 10.6 Å². The number of nitrogens with one attached hydrogen (secondary N) is 2. The van der Waals surface area contributed by atoms with Crippen LogP contribution in [0.2, 0.25) is 0 Å². The summed E-state index contributed by atoms with van der Waals surface area (Å²) in [7, 11) is 0. The predicted molar refractivity (Wildman–Crippen MR) is 101 cm³/mol. The van der Waals surface area contributed by atoms with E-state index in [0.29, 0.717) is 22.8 Å². The quantitative estimate of drug-likeness (QED) is 0.567. The van der Waals surface area contributed by atoms with Crippen LogP contribution in [0.1, 0.15) is 28.5 Å². The van der Waals surface area contributed by atoms with Crippen molar-refractivity contribution < 1.29 is 18.0 Å². The molecule has 1 aromatic heterocycles. The monoisotopic (exact) mass is 386 g/mol. The lowest BCUT2D eigenvalue weighted by molar-refractivity contribution is -0.137. The highest BCUT2D eigenvalue weighted by Gasteiger charge is 2.30. The molecule has 0 fully saturated rings. The van der Waals surface area contributed by atoms with Crippen molar-refractivity contribution in [3.05, 3.63) is 71.4 Å². The number of halogens is 3. The van der Waals surface area contributed by atoms with Crippen LogP contribution in [-0.2, 0) is 6.18 Å². The Labute approximate surface area is 159 Å². The summed E-state index contributed by atoms with van der Waals surface area (Å²) in [5.74, 6) is 0.608. The van der Waals surface area contributed by atoms with E-state index in [0.717, 1.165) is 12.1 Å². The van der Waals surface area contributed by atoms with Crippen LogP contribution >= 0.6 is 0 Å². The molecule has 5 nitrogen and oxygen atoms in total. The maximum absolute atomic E-state index is 12.9. The maximum atomic E-state index is 12.9. The fraction of sp³-hybridized carbons (Fsp3) is 0.150. The van der Waals surface area contributed by atoms with Gasteiger partial charge >= 0.3 is 6.18 Å². The van der Waals surface area contributed by atoms with Crippen LogP contribution in [0.3, 0.4) is 0 Å². The average Bonchev–Trinajstić information content (AvgIpc) is 2.61. The van der Waals surface area contributed by atoms with Crippen molar-refractivity contribution in [2.75, 3.05) is 10.6 Å². The standard InChI is InChI=1S/C20H17F3N4O/c1-12-10-18(25-16-8-6-14(7-9-16)13(2)28)27-19(24-12)26-17-5-3-4-15(11-17)20(21,22)23/h3-11H,1-2H3,(H2,24,25,26,27). The summed E-state index contributed by atoms with van der Waals surface area (Å²) in [5.41, 5.74) is 1.42. The number of nitrogens with zero attached hydrogens (tertiary/aromatic N) is 2. The Morgan fingerprint density at radius 3 is 2.29 bits per heavy atom. The lowest BCUT2D eigenvalue weighted by Gasteiger charge is -2.12. The molecule has 8 heteroatoms. The van der Waals surface area contributed by atoms with E-state index in [-0.39, 0.29) is 17.4 Å². The van der Waals surface area contributed by atoms with Crippen LogP contribution in [0.4, 0.5) is 36.3 Å². The Balaban J connectivity index is 1.81. The number of anilines is 4. The Bertz CT molecular complexity index is 1000. The van der Waals surface area contributed by atoms with Gasteiger partial charge in [-0.05, 0) is 56.3 Å². The number of rotatable bonds is 5. The number of alkyl halides is 3. The largest absolute Gasteiger partial charge is 0.416 e. The maximum Gasteiger partial charge on any atom is 0.416 e. The second kappa shape index (κ2) is 7.67. The third-order valence-corrected chi connectivity index (χ3v) is 3.86. The molecule has 3 aromatic rings. The van der Waals surface area contributed by atoms with Gasteiger partial charge in [0.15, 0.2) is 5.78 Å². The van der Waals surface area contributed by atoms with Crippen LogP contribution in [0.25, 0.3) is 0 Å². The lowest BCUT2D eigenvalue weighted by Crippen LogP contribution is -2.06. The van der Waals surface area contributed by atoms with Crippen molar-refractivity contribution in [2.24, 2.45) is 0 Å². The highest BCUT2D eigenvalue weighted by atomic mass is 19.4. The zero-order chi connectivity index (χ0) is 20.3. The van der Waals surface area contributed by atoms with Gasteiger partial charge in [-0.25, -0.2) is 4.98 Å². The number of Topliss-reactive ketones (excluding diaryl/α,β-unsaturated/α-hetero) is 1. The molecule has 0 saturated carbocycles. The highest BCUT2D eigenvalue weighted by molar-refractivity contribution is 5.94. The van der Waals surface area contributed by atoms with Crippen molar-refractivity contribution in [2.45, 2.75) is 20.0 Å². The molecule has 0 aliphatic heterocycles. The molecule has 28 heavy (non-hydrogen) atoms. The predicted octanol–water partition coefficient (Wildman–Crippen LogP) is 5.49. The number of aromatic nitrogens is 2. The van der Waals surface area contributed by atoms with Crippen LogP contribution in [-0.4, -0.2) is 15.8 Å². The first-order valence-corrected chi connectivity index (χ1v) is 8.39. The first kappa shape index (κ1) is 19.3. The second-order valence-corrected chi connectivity index (χ2v) is 6.18. The van der Waals surface area contributed by atoms with Gasteiger partial charge in [-0.3, -0.25) is 4.79 Å². The molecule has 1 heterocycles. The smallest absolute Gasteiger partial charge is 0.340 e. The second-order valence-electron chi connectivity index (χ2n) is 6.18. The van der Waals surface area contributed by atoms with Crippen molar-refractivity contribution in [1.29, 1.82) is 0 Å². The topological polar surface area (TPSA) is 66.9 Å². The van der Waals surface area contributed by atoms with E-state index in [9.17, 15) is 18.0 Å². The Hall–Kier alpha value is -3.42. The molecule has 0 amide bonds. The molecule has 144 valence electrons. The van der Waals surface area contributed by atoms with Gasteiger partial charge in [0.1, 0.15) is 5.82 Å². The summed E-state index contributed by atoms with van der Waals surface area (Å²) >= 11 is 0. The molecule has 3 rings (SSSR count). The summed E-state index contributed by atoms with van der Waals surface area (Å²) in [4.78, 5) is 19.8. The molecular formula is C20H17F3N4O. The summed E-state index contributed by atoms with van der Waals surface area (Å²) in [6, 6.07) is 13.4. The molecule has 2 N–H and O–H groups in total. The van der Waals surface area contributed by atoms with Gasteiger partial charge < -0.3 is 10.6 Å². The zero-order valence-corrected chi connectivity index (χ0v) is 15.1. The number of hydrogen-bond donors (Lipinski definition) is 2. The molecule has 0 spiro atoms. The average molecular weight is 386 g/mol. The minimum Gasteiger partial charge on any atom is -0.340 e. The van der Waals surface area contributed by atoms with E-state index in [1.165, 1.54) is 19.1 Å². The molecule has 0 atom stereocenters. The minimum atomic E-state index is -4.43. The Morgan fingerprint density at radius 1 is 0.929 bits per heavy atom. The van der Waals surface area contributed by atoms with E-state index in [2.05, 4.69) is 20.6 Å². The third kappa shape index (κ3) is 4.85. The fourth-order valence-electron chi connectivity index (χ4n) is 2.53. The van der Waals surface area contributed by atoms with E-state index >= 15 is 0 Å². The van der Waals surface area contributed by atoms with Crippen molar-refractivity contribution >= 4 is 28.9 Å². The van der Waals surface area contributed by atoms with Gasteiger partial charge in [0.25, 0.3) is 0 Å². The van der Waals surface area contributed by atoms with Crippen LogP contribution in [0, 0.1) is 6.92 Å². The number of hydrogen-bond acceptors (Lipinski definition) is 5. The first-order chi connectivity index (χ1) is 13.2. The summed E-state index contributed by atoms with van der Waals surface area (Å²) in [5, 5.41) is 5.89. The van der Waals surface area contributed by atoms with Gasteiger partial charge in [0.05, 0.1) is 5.56 Å². The minimum absolute atomic E-state index is 0.0306. The number of benzene rings is 2. The normalized spacial score (nSPS) is 11.2. The first-order valence-electron chi connectivity index (χ1n) is 8.39. The van der Waals surface area contributed by atoms with Crippen molar-refractivity contribution in [1.82, 2.24) is 9.97 Å². The number of ketones is 1. The molecule has 0 aliphatic carbocycles. The Kier molecular flexibility index (Phi) is 5.30. The summed E-state index contributed by atoms with van der Waals surface area (Å²) in [6.07, 6.45) is -4.43. The van der Waals surface area contributed by atoms with Crippen LogP contribution in [0.5, 0.6) is 0 Å². The molecule has 2 aromatic carbocycles. The summed E-state index contributed by atoms with van der Waals surface area (Å²) < 4.78 is 38.6. The van der Waals surface area contributed by atoms with Gasteiger partial charge in [-0.15, -0.1) is 0 Å². The van der Waals surface area contributed by atoms with Crippen LogP contribution in [0.15, 0.2) is 54.6 Å². The van der Waals surface area contributed by atoms with Gasteiger partial charge in [0.2, 0.25) is 5.95 Å². The molecule has 0 aliphatic rings. The number of carbonyl (C=O) groups excluding carboxylic acids is 1. The van der Waals surface area contributed by atoms with Gasteiger partial charge in [-0.2, -0.15) is 18.2 Å². The van der Waals surface area contributed by atoms with E-state index < -0.39 is 11.7 Å². The zero-order valence-electron chi connectivity index (χ0n) is 15.1. The van der Waals surface area contributed by atoms with E-state index in [1.807, 2.05) is 0 Å². The fourth-order valence-corrected chi connectivity index (χ4v) is 2.53. The molecular weight excluding hydrogens is 369 g/mol. The molecule has 0 unspecified atom stereocenters. The number of carbonyl (C=O) groups is 1. The third-order valence-electron chi connectivity index (χ3n) is 3.86. The van der Waals surface area contributed by atoms with Crippen molar-refractivity contribution in [3.63, 3.8) is 0 Å². The highest BCUT2D eigenvalue weighted by Crippen LogP contribution is 2.31. The lowest BCUT2D eigenvalue weighted by atomic mass is 10.1.